The van der Waals surface area contributed by atoms with Crippen molar-refractivity contribution < 1.29 is 14.3 Å². The Morgan fingerprint density at radius 2 is 1.42 bits per heavy atom. The molecule has 0 spiro atoms. The molecule has 0 heterocycles. The number of hydrogen-bond acceptors (Lipinski definition) is 4. The summed E-state index contributed by atoms with van der Waals surface area (Å²) in [5.41, 5.74) is 1.16. The Morgan fingerprint density at radius 3 is 1.92 bits per heavy atom. The van der Waals surface area contributed by atoms with Crippen molar-refractivity contribution >= 4 is 46.4 Å². The average Bonchev–Trinajstić information content (AvgIpc) is 2.53. The van der Waals surface area contributed by atoms with E-state index in [1.807, 2.05) is 0 Å². The second-order valence-corrected chi connectivity index (χ2v) is 6.53. The maximum absolute atomic E-state index is 12.1. The summed E-state index contributed by atoms with van der Waals surface area (Å²) in [5.74, 6) is 0.206. The summed E-state index contributed by atoms with van der Waals surface area (Å²) in [5, 5.41) is 6.32. The second kappa shape index (κ2) is 9.43. The minimum Gasteiger partial charge on any atom is -0.497 e. The van der Waals surface area contributed by atoms with E-state index in [-0.39, 0.29) is 24.9 Å². The fraction of sp³-hybridized carbons (Fsp3) is 0.222. The van der Waals surface area contributed by atoms with Gasteiger partial charge in [-0.2, -0.15) is 0 Å². The third-order valence-corrected chi connectivity index (χ3v) is 3.78. The lowest BCUT2D eigenvalue weighted by Gasteiger charge is -2.16. The lowest BCUT2D eigenvalue weighted by Crippen LogP contribution is -2.36. The number of carbonyl (C=O) groups is 2. The van der Waals surface area contributed by atoms with Crippen molar-refractivity contribution in [2.24, 2.45) is 0 Å². The highest BCUT2D eigenvalue weighted by atomic mass is 35.5. The molecule has 0 radical (unpaired) electrons. The molecule has 0 unspecified atom stereocenters. The van der Waals surface area contributed by atoms with Crippen molar-refractivity contribution in [3.8, 4) is 5.75 Å². The number of likely N-dealkylation sites (N-methyl/N-ethyl adjacent to an activating group) is 1. The number of methoxy groups -OCH3 is 1. The van der Waals surface area contributed by atoms with Crippen LogP contribution in [-0.4, -0.2) is 44.0 Å². The molecule has 2 aromatic carbocycles. The molecule has 2 amide bonds. The molecule has 0 aliphatic heterocycles. The molecule has 0 aliphatic rings. The topological polar surface area (TPSA) is 70.7 Å². The predicted molar refractivity (Wildman–Crippen MR) is 104 cm³/mol. The number of rotatable bonds is 7. The average molecular weight is 396 g/mol. The van der Waals surface area contributed by atoms with E-state index in [9.17, 15) is 9.59 Å². The molecule has 2 rings (SSSR count). The second-order valence-electron chi connectivity index (χ2n) is 5.66. The van der Waals surface area contributed by atoms with Crippen molar-refractivity contribution in [3.05, 3.63) is 52.5 Å². The van der Waals surface area contributed by atoms with Crippen LogP contribution < -0.4 is 15.4 Å². The summed E-state index contributed by atoms with van der Waals surface area (Å²) in [4.78, 5) is 25.7. The van der Waals surface area contributed by atoms with Crippen molar-refractivity contribution in [2.45, 2.75) is 0 Å². The van der Waals surface area contributed by atoms with Crippen molar-refractivity contribution in [1.82, 2.24) is 4.90 Å². The third-order valence-electron chi connectivity index (χ3n) is 3.35. The maximum atomic E-state index is 12.1. The Morgan fingerprint density at radius 1 is 0.923 bits per heavy atom. The first-order chi connectivity index (χ1) is 12.4. The molecule has 8 heteroatoms. The molecule has 0 aromatic heterocycles. The van der Waals surface area contributed by atoms with Gasteiger partial charge in [-0.3, -0.25) is 14.5 Å². The van der Waals surface area contributed by atoms with E-state index in [0.29, 0.717) is 27.2 Å². The zero-order valence-corrected chi connectivity index (χ0v) is 15.9. The zero-order chi connectivity index (χ0) is 19.1. The van der Waals surface area contributed by atoms with Crippen molar-refractivity contribution in [3.63, 3.8) is 0 Å². The molecule has 0 saturated heterocycles. The van der Waals surface area contributed by atoms with E-state index in [1.165, 1.54) is 0 Å². The smallest absolute Gasteiger partial charge is 0.238 e. The van der Waals surface area contributed by atoms with Gasteiger partial charge in [0, 0.05) is 21.4 Å². The molecule has 6 nitrogen and oxygen atoms in total. The highest BCUT2D eigenvalue weighted by Gasteiger charge is 2.12. The summed E-state index contributed by atoms with van der Waals surface area (Å²) in [7, 11) is 3.25. The molecule has 0 fully saturated rings. The summed E-state index contributed by atoms with van der Waals surface area (Å²) in [6.07, 6.45) is 0. The van der Waals surface area contributed by atoms with E-state index in [4.69, 9.17) is 27.9 Å². The molecule has 2 N–H and O–H groups in total. The summed E-state index contributed by atoms with van der Waals surface area (Å²) in [6, 6.07) is 11.8. The number of ether oxygens (including phenoxy) is 1. The van der Waals surface area contributed by atoms with Gasteiger partial charge in [0.05, 0.1) is 20.2 Å². The molecule has 0 aliphatic carbocycles. The number of nitrogens with one attached hydrogen (secondary N) is 2. The molecule has 2 aromatic rings. The molecular weight excluding hydrogens is 377 g/mol. The normalized spacial score (nSPS) is 10.5. The van der Waals surface area contributed by atoms with Crippen LogP contribution in [0.15, 0.2) is 42.5 Å². The largest absolute Gasteiger partial charge is 0.497 e. The van der Waals surface area contributed by atoms with Gasteiger partial charge in [-0.25, -0.2) is 0 Å². The van der Waals surface area contributed by atoms with Gasteiger partial charge in [0.1, 0.15) is 5.75 Å². The van der Waals surface area contributed by atoms with Crippen LogP contribution >= 0.6 is 23.2 Å². The summed E-state index contributed by atoms with van der Waals surface area (Å²) < 4.78 is 5.06. The number of hydrogen-bond donors (Lipinski definition) is 2. The van der Waals surface area contributed by atoms with Gasteiger partial charge in [-0.15, -0.1) is 0 Å². The minimum atomic E-state index is -0.275. The number of halogens is 2. The van der Waals surface area contributed by atoms with Crippen LogP contribution in [0.2, 0.25) is 10.0 Å². The first kappa shape index (κ1) is 20.0. The lowest BCUT2D eigenvalue weighted by atomic mass is 10.3. The number of anilines is 2. The van der Waals surface area contributed by atoms with Gasteiger partial charge >= 0.3 is 0 Å². The Kier molecular flexibility index (Phi) is 7.26. The van der Waals surface area contributed by atoms with Crippen LogP contribution in [0.5, 0.6) is 5.75 Å². The van der Waals surface area contributed by atoms with Crippen molar-refractivity contribution in [2.75, 3.05) is 37.9 Å². The Labute approximate surface area is 162 Å². The molecule has 138 valence electrons. The Bertz CT molecular complexity index is 762. The monoisotopic (exact) mass is 395 g/mol. The van der Waals surface area contributed by atoms with Crippen LogP contribution in [0.4, 0.5) is 11.4 Å². The third kappa shape index (κ3) is 6.55. The van der Waals surface area contributed by atoms with E-state index in [0.717, 1.165) is 0 Å². The van der Waals surface area contributed by atoms with E-state index < -0.39 is 0 Å². The lowest BCUT2D eigenvalue weighted by molar-refractivity contribution is -0.119. The Balaban J connectivity index is 1.81. The standard InChI is InChI=1S/C18H19Cl2N3O3/c1-23(10-17(24)21-14-3-5-16(26-2)6-4-14)11-18(25)22-15-8-12(19)7-13(20)9-15/h3-9H,10-11H2,1-2H3,(H,21,24)(H,22,25). The first-order valence-electron chi connectivity index (χ1n) is 7.74. The van der Waals surface area contributed by atoms with Gasteiger partial charge in [0.15, 0.2) is 0 Å². The van der Waals surface area contributed by atoms with Gasteiger partial charge < -0.3 is 15.4 Å². The molecular formula is C18H19Cl2N3O3. The number of amides is 2. The van der Waals surface area contributed by atoms with Crippen LogP contribution in [0.3, 0.4) is 0 Å². The highest BCUT2D eigenvalue weighted by molar-refractivity contribution is 6.35. The fourth-order valence-corrected chi connectivity index (χ4v) is 2.77. The van der Waals surface area contributed by atoms with Crippen LogP contribution in [0.25, 0.3) is 0 Å². The predicted octanol–water partition coefficient (Wildman–Crippen LogP) is 3.51. The SMILES string of the molecule is COc1ccc(NC(=O)CN(C)CC(=O)Nc2cc(Cl)cc(Cl)c2)cc1. The van der Waals surface area contributed by atoms with Gasteiger partial charge in [0.25, 0.3) is 0 Å². The van der Waals surface area contributed by atoms with E-state index in [1.54, 1.807) is 61.5 Å². The van der Waals surface area contributed by atoms with Gasteiger partial charge in [-0.1, -0.05) is 23.2 Å². The molecule has 0 bridgehead atoms. The summed E-state index contributed by atoms with van der Waals surface area (Å²) in [6.45, 7) is 0.107. The zero-order valence-electron chi connectivity index (χ0n) is 14.4. The quantitative estimate of drug-likeness (QED) is 0.752. The number of carbonyl (C=O) groups excluding carboxylic acids is 2. The number of nitrogens with zero attached hydrogens (tertiary/aromatic N) is 1. The number of benzene rings is 2. The van der Waals surface area contributed by atoms with Crippen LogP contribution in [0, 0.1) is 0 Å². The molecule has 0 atom stereocenters. The first-order valence-corrected chi connectivity index (χ1v) is 8.49. The van der Waals surface area contributed by atoms with E-state index >= 15 is 0 Å². The molecule has 0 saturated carbocycles. The van der Waals surface area contributed by atoms with Gasteiger partial charge in [-0.05, 0) is 49.5 Å². The maximum Gasteiger partial charge on any atom is 0.238 e. The van der Waals surface area contributed by atoms with Crippen molar-refractivity contribution in [1.29, 1.82) is 0 Å². The van der Waals surface area contributed by atoms with Crippen LogP contribution in [-0.2, 0) is 9.59 Å². The van der Waals surface area contributed by atoms with Crippen LogP contribution in [0.1, 0.15) is 0 Å². The molecule has 26 heavy (non-hydrogen) atoms. The fourth-order valence-electron chi connectivity index (χ4n) is 2.25. The summed E-state index contributed by atoms with van der Waals surface area (Å²) >= 11 is 11.8. The van der Waals surface area contributed by atoms with Gasteiger partial charge in [0.2, 0.25) is 11.8 Å². The Hall–Kier alpha value is -2.28. The minimum absolute atomic E-state index is 0.0418. The van der Waals surface area contributed by atoms with E-state index in [2.05, 4.69) is 10.6 Å². The highest BCUT2D eigenvalue weighted by Crippen LogP contribution is 2.22.